The van der Waals surface area contributed by atoms with E-state index >= 15 is 0 Å². The second-order valence-electron chi connectivity index (χ2n) is 7.33. The Labute approximate surface area is 183 Å². The summed E-state index contributed by atoms with van der Waals surface area (Å²) < 4.78 is 7.17. The Hall–Kier alpha value is -2.39. The summed E-state index contributed by atoms with van der Waals surface area (Å²) in [7, 11) is 0. The molecule has 1 aliphatic rings. The molecule has 158 valence electrons. The Kier molecular flexibility index (Phi) is 6.38. The lowest BCUT2D eigenvalue weighted by atomic mass is 9.88. The third-order valence-corrected chi connectivity index (χ3v) is 7.20. The molecule has 1 unspecified atom stereocenters. The Morgan fingerprint density at radius 3 is 3.07 bits per heavy atom. The number of hydrogen-bond acceptors (Lipinski definition) is 7. The summed E-state index contributed by atoms with van der Waals surface area (Å²) in [6.45, 7) is 4.33. The van der Waals surface area contributed by atoms with Crippen molar-refractivity contribution < 1.29 is 14.3 Å². The number of anilines is 1. The minimum atomic E-state index is -0.343. The fraction of sp³-hybridized carbons (Fsp3) is 0.429. The van der Waals surface area contributed by atoms with Gasteiger partial charge in [0.05, 0.1) is 12.2 Å². The number of amides is 1. The van der Waals surface area contributed by atoms with Crippen LogP contribution in [0.15, 0.2) is 29.6 Å². The largest absolute Gasteiger partial charge is 0.462 e. The van der Waals surface area contributed by atoms with Crippen molar-refractivity contribution in [1.29, 1.82) is 0 Å². The smallest absolute Gasteiger partial charge is 0.341 e. The van der Waals surface area contributed by atoms with Crippen LogP contribution in [0.1, 0.15) is 47.5 Å². The van der Waals surface area contributed by atoms with E-state index in [0.29, 0.717) is 35.3 Å². The number of carbonyl (C=O) groups is 2. The summed E-state index contributed by atoms with van der Waals surface area (Å²) in [5.74, 6) is 0.695. The van der Waals surface area contributed by atoms with Crippen molar-refractivity contribution in [2.24, 2.45) is 5.92 Å². The predicted octanol–water partition coefficient (Wildman–Crippen LogP) is 4.21. The van der Waals surface area contributed by atoms with Crippen molar-refractivity contribution in [2.45, 2.75) is 44.7 Å². The summed E-state index contributed by atoms with van der Waals surface area (Å²) in [6, 6.07) is 5.72. The summed E-state index contributed by atoms with van der Waals surface area (Å²) in [5.41, 5.74) is 2.38. The van der Waals surface area contributed by atoms with E-state index in [1.807, 2.05) is 28.8 Å². The molecule has 1 amide bonds. The summed E-state index contributed by atoms with van der Waals surface area (Å²) >= 11 is 3.00. The van der Waals surface area contributed by atoms with Crippen LogP contribution in [0.3, 0.4) is 0 Å². The predicted molar refractivity (Wildman–Crippen MR) is 118 cm³/mol. The van der Waals surface area contributed by atoms with E-state index in [0.717, 1.165) is 35.6 Å². The quantitative estimate of drug-likeness (QED) is 0.434. The fourth-order valence-corrected chi connectivity index (χ4v) is 5.88. The van der Waals surface area contributed by atoms with Crippen molar-refractivity contribution in [3.8, 4) is 0 Å². The molecule has 0 radical (unpaired) electrons. The Bertz CT molecular complexity index is 1080. The molecule has 0 spiro atoms. The highest BCUT2D eigenvalue weighted by molar-refractivity contribution is 7.99. The number of rotatable bonds is 7. The summed E-state index contributed by atoms with van der Waals surface area (Å²) in [5, 5.41) is 12.6. The second-order valence-corrected chi connectivity index (χ2v) is 9.50. The molecule has 3 aromatic heterocycles. The van der Waals surface area contributed by atoms with Crippen LogP contribution < -0.4 is 5.32 Å². The van der Waals surface area contributed by atoms with E-state index in [2.05, 4.69) is 22.4 Å². The van der Waals surface area contributed by atoms with Gasteiger partial charge < -0.3 is 10.1 Å². The van der Waals surface area contributed by atoms with Crippen LogP contribution in [-0.4, -0.2) is 38.8 Å². The number of thiophene rings is 1. The standard InChI is InChI=1S/C21H24N4O3S2/c1-3-28-20(27)18-14-8-7-13(2)12-15(14)30-19(18)22-17(26)9-11-29-21-24-23-16-6-4-5-10-25(16)21/h4-6,10,13H,3,7-9,11-12H2,1-2H3,(H,22,26). The van der Waals surface area contributed by atoms with Gasteiger partial charge in [-0.3, -0.25) is 9.20 Å². The molecule has 1 N–H and O–H groups in total. The zero-order valence-corrected chi connectivity index (χ0v) is 18.6. The summed E-state index contributed by atoms with van der Waals surface area (Å²) in [4.78, 5) is 26.4. The van der Waals surface area contributed by atoms with Crippen molar-refractivity contribution in [1.82, 2.24) is 14.6 Å². The van der Waals surface area contributed by atoms with Gasteiger partial charge in [0.25, 0.3) is 0 Å². The monoisotopic (exact) mass is 444 g/mol. The molecule has 0 saturated carbocycles. The highest BCUT2D eigenvalue weighted by Gasteiger charge is 2.29. The molecule has 0 fully saturated rings. The van der Waals surface area contributed by atoms with Gasteiger partial charge in [0.1, 0.15) is 5.00 Å². The van der Waals surface area contributed by atoms with Crippen LogP contribution in [0.25, 0.3) is 5.65 Å². The van der Waals surface area contributed by atoms with Crippen molar-refractivity contribution in [2.75, 3.05) is 17.7 Å². The van der Waals surface area contributed by atoms with E-state index in [9.17, 15) is 9.59 Å². The van der Waals surface area contributed by atoms with Crippen LogP contribution >= 0.6 is 23.1 Å². The molecule has 9 heteroatoms. The maximum Gasteiger partial charge on any atom is 0.341 e. The second kappa shape index (κ2) is 9.18. The molecule has 1 aliphatic carbocycles. The molecule has 3 heterocycles. The first-order valence-corrected chi connectivity index (χ1v) is 11.9. The number of ether oxygens (including phenoxy) is 1. The molecule has 3 aromatic rings. The average Bonchev–Trinajstić information content (AvgIpc) is 3.29. The van der Waals surface area contributed by atoms with Crippen molar-refractivity contribution in [3.63, 3.8) is 0 Å². The van der Waals surface area contributed by atoms with Crippen LogP contribution in [0.2, 0.25) is 0 Å². The van der Waals surface area contributed by atoms with Gasteiger partial charge in [0.2, 0.25) is 5.91 Å². The number of hydrogen-bond donors (Lipinski definition) is 1. The van der Waals surface area contributed by atoms with E-state index in [1.165, 1.54) is 28.0 Å². The lowest BCUT2D eigenvalue weighted by Crippen LogP contribution is -2.16. The van der Waals surface area contributed by atoms with E-state index < -0.39 is 0 Å². The molecule has 0 saturated heterocycles. The van der Waals surface area contributed by atoms with Gasteiger partial charge in [-0.25, -0.2) is 4.79 Å². The van der Waals surface area contributed by atoms with Crippen LogP contribution in [-0.2, 0) is 22.4 Å². The SMILES string of the molecule is CCOC(=O)c1c(NC(=O)CCSc2nnc3ccccn23)sc2c1CCC(C)C2. The van der Waals surface area contributed by atoms with Gasteiger partial charge in [-0.1, -0.05) is 24.8 Å². The average molecular weight is 445 g/mol. The van der Waals surface area contributed by atoms with Crippen LogP contribution in [0, 0.1) is 5.92 Å². The Morgan fingerprint density at radius 2 is 2.23 bits per heavy atom. The van der Waals surface area contributed by atoms with E-state index in [4.69, 9.17) is 4.74 Å². The normalized spacial score (nSPS) is 15.7. The Morgan fingerprint density at radius 1 is 1.37 bits per heavy atom. The molecule has 4 rings (SSSR count). The highest BCUT2D eigenvalue weighted by Crippen LogP contribution is 2.40. The van der Waals surface area contributed by atoms with Gasteiger partial charge in [0, 0.05) is 23.2 Å². The topological polar surface area (TPSA) is 85.6 Å². The van der Waals surface area contributed by atoms with Crippen molar-refractivity contribution >= 4 is 45.6 Å². The number of thioether (sulfide) groups is 1. The number of fused-ring (bicyclic) bond motifs is 2. The van der Waals surface area contributed by atoms with E-state index in [1.54, 1.807) is 6.92 Å². The first kappa shape index (κ1) is 20.9. The first-order valence-electron chi connectivity index (χ1n) is 10.1. The molecule has 0 bridgehead atoms. The third kappa shape index (κ3) is 4.37. The zero-order valence-electron chi connectivity index (χ0n) is 17.0. The molecule has 0 aromatic carbocycles. The summed E-state index contributed by atoms with van der Waals surface area (Å²) in [6.07, 6.45) is 5.06. The van der Waals surface area contributed by atoms with Gasteiger partial charge in [-0.2, -0.15) is 0 Å². The number of nitrogens with one attached hydrogen (secondary N) is 1. The number of pyridine rings is 1. The maximum atomic E-state index is 12.6. The first-order chi connectivity index (χ1) is 14.6. The fourth-order valence-electron chi connectivity index (χ4n) is 3.60. The van der Waals surface area contributed by atoms with Gasteiger partial charge in [-0.15, -0.1) is 21.5 Å². The Balaban J connectivity index is 1.43. The van der Waals surface area contributed by atoms with Gasteiger partial charge in [-0.05, 0) is 49.8 Å². The lowest BCUT2D eigenvalue weighted by molar-refractivity contribution is -0.115. The zero-order chi connectivity index (χ0) is 21.1. The van der Waals surface area contributed by atoms with Crippen molar-refractivity contribution in [3.05, 3.63) is 40.4 Å². The number of esters is 1. The number of nitrogens with zero attached hydrogens (tertiary/aromatic N) is 3. The minimum absolute atomic E-state index is 0.117. The lowest BCUT2D eigenvalue weighted by Gasteiger charge is -2.18. The number of carbonyl (C=O) groups excluding carboxylic acids is 2. The number of aromatic nitrogens is 3. The molecule has 1 atom stereocenters. The van der Waals surface area contributed by atoms with Crippen LogP contribution in [0.5, 0.6) is 0 Å². The molecule has 30 heavy (non-hydrogen) atoms. The minimum Gasteiger partial charge on any atom is -0.462 e. The van der Waals surface area contributed by atoms with E-state index in [-0.39, 0.29) is 11.9 Å². The molecule has 7 nitrogen and oxygen atoms in total. The van der Waals surface area contributed by atoms with Gasteiger partial charge >= 0.3 is 5.97 Å². The van der Waals surface area contributed by atoms with Crippen LogP contribution in [0.4, 0.5) is 5.00 Å². The molecular weight excluding hydrogens is 420 g/mol. The molecular formula is C21H24N4O3S2. The highest BCUT2D eigenvalue weighted by atomic mass is 32.2. The maximum absolute atomic E-state index is 12.6. The third-order valence-electron chi connectivity index (χ3n) is 5.09. The molecule has 0 aliphatic heterocycles. The van der Waals surface area contributed by atoms with Gasteiger partial charge in [0.15, 0.2) is 10.8 Å².